The average Bonchev–Trinajstić information content (AvgIpc) is 2.71. The normalized spacial score (nSPS) is 10.9. The van der Waals surface area contributed by atoms with Gasteiger partial charge >= 0.3 is 0 Å². The van der Waals surface area contributed by atoms with Gasteiger partial charge in [0, 0.05) is 99.3 Å². The van der Waals surface area contributed by atoms with Gasteiger partial charge in [-0.1, -0.05) is 0 Å². The zero-order chi connectivity index (χ0) is 21.2. The van der Waals surface area contributed by atoms with Crippen LogP contribution in [0.15, 0.2) is 0 Å². The van der Waals surface area contributed by atoms with E-state index in [4.69, 9.17) is 5.73 Å². The topological polar surface area (TPSA) is 132 Å². The number of carbonyl (C=O) groups excluding carboxylic acids is 3. The smallest absolute Gasteiger partial charge is 0.221 e. The first kappa shape index (κ1) is 26.2. The van der Waals surface area contributed by atoms with E-state index in [-0.39, 0.29) is 17.7 Å². The van der Waals surface area contributed by atoms with Crippen molar-refractivity contribution in [1.29, 1.82) is 0 Å². The molecule has 0 fully saturated rings. The second-order valence-electron chi connectivity index (χ2n) is 6.49. The van der Waals surface area contributed by atoms with Gasteiger partial charge in [0.2, 0.25) is 17.7 Å². The van der Waals surface area contributed by atoms with Crippen molar-refractivity contribution < 1.29 is 14.4 Å². The molecule has 0 aliphatic rings. The number of hydrogen-bond acceptors (Lipinski definition) is 7. The number of nitrogens with one attached hydrogen (secondary N) is 4. The summed E-state index contributed by atoms with van der Waals surface area (Å²) in [5.41, 5.74) is 5.64. The van der Waals surface area contributed by atoms with Crippen molar-refractivity contribution in [3.63, 3.8) is 0 Å². The maximum absolute atomic E-state index is 11.5. The highest BCUT2D eigenvalue weighted by Gasteiger charge is 2.10. The lowest BCUT2D eigenvalue weighted by atomic mass is 10.3. The third kappa shape index (κ3) is 14.3. The molecule has 0 spiro atoms. The van der Waals surface area contributed by atoms with E-state index in [1.54, 1.807) is 21.1 Å². The molecule has 0 atom stereocenters. The van der Waals surface area contributed by atoms with Crippen molar-refractivity contribution in [3.8, 4) is 0 Å². The van der Waals surface area contributed by atoms with Crippen LogP contribution in [0.5, 0.6) is 0 Å². The Morgan fingerprint density at radius 1 is 0.643 bits per heavy atom. The van der Waals surface area contributed by atoms with Crippen LogP contribution in [0.1, 0.15) is 19.3 Å². The predicted molar refractivity (Wildman–Crippen MR) is 111 cm³/mol. The molecule has 0 aliphatic heterocycles. The highest BCUT2D eigenvalue weighted by Crippen LogP contribution is 1.95. The van der Waals surface area contributed by atoms with Crippen LogP contribution in [-0.4, -0.2) is 108 Å². The fraction of sp³-hybridized carbons (Fsp3) is 0.833. The Labute approximate surface area is 168 Å². The summed E-state index contributed by atoms with van der Waals surface area (Å²) in [7, 11) is 4.88. The third-order valence-electron chi connectivity index (χ3n) is 4.46. The summed E-state index contributed by atoms with van der Waals surface area (Å²) in [6, 6.07) is 0. The van der Waals surface area contributed by atoms with E-state index in [0.717, 1.165) is 32.7 Å². The molecule has 0 aromatic rings. The van der Waals surface area contributed by atoms with Gasteiger partial charge in [-0.2, -0.15) is 0 Å². The van der Waals surface area contributed by atoms with Crippen molar-refractivity contribution in [2.24, 2.45) is 5.73 Å². The van der Waals surface area contributed by atoms with Gasteiger partial charge in [-0.05, 0) is 0 Å². The second-order valence-corrected chi connectivity index (χ2v) is 6.49. The number of amides is 3. The van der Waals surface area contributed by atoms with E-state index in [1.165, 1.54) is 0 Å². The van der Waals surface area contributed by atoms with Crippen LogP contribution in [0.4, 0.5) is 0 Å². The lowest BCUT2D eigenvalue weighted by Crippen LogP contribution is -2.40. The molecule has 0 unspecified atom stereocenters. The van der Waals surface area contributed by atoms with Gasteiger partial charge in [0.1, 0.15) is 0 Å². The number of nitrogens with two attached hydrogens (primary N) is 1. The van der Waals surface area contributed by atoms with E-state index >= 15 is 0 Å². The molecule has 0 aromatic carbocycles. The Morgan fingerprint density at radius 3 is 1.32 bits per heavy atom. The first-order valence-electron chi connectivity index (χ1n) is 9.94. The summed E-state index contributed by atoms with van der Waals surface area (Å²) >= 11 is 0. The first-order valence-corrected chi connectivity index (χ1v) is 9.94. The van der Waals surface area contributed by atoms with E-state index in [1.807, 2.05) is 0 Å². The van der Waals surface area contributed by atoms with Gasteiger partial charge < -0.3 is 36.8 Å². The van der Waals surface area contributed by atoms with E-state index in [0.29, 0.717) is 45.4 Å². The van der Waals surface area contributed by atoms with E-state index < -0.39 is 0 Å². The number of rotatable bonds is 17. The zero-order valence-corrected chi connectivity index (χ0v) is 17.7. The molecule has 0 aromatic heterocycles. The Morgan fingerprint density at radius 2 is 1.00 bits per heavy atom. The maximum Gasteiger partial charge on any atom is 0.221 e. The summed E-state index contributed by atoms with van der Waals surface area (Å²) in [6.45, 7) is 6.33. The molecular weight excluding hydrogens is 362 g/mol. The highest BCUT2D eigenvalue weighted by molar-refractivity contribution is 5.76. The van der Waals surface area contributed by atoms with Crippen LogP contribution >= 0.6 is 0 Å². The van der Waals surface area contributed by atoms with Crippen LogP contribution in [0, 0.1) is 0 Å². The lowest BCUT2D eigenvalue weighted by molar-refractivity contribution is -0.122. The van der Waals surface area contributed by atoms with Gasteiger partial charge in [-0.3, -0.25) is 14.4 Å². The molecule has 0 saturated heterocycles. The van der Waals surface area contributed by atoms with Crippen LogP contribution in [0.2, 0.25) is 0 Å². The van der Waals surface area contributed by atoms with Crippen molar-refractivity contribution in [3.05, 3.63) is 0 Å². The van der Waals surface area contributed by atoms with Crippen LogP contribution < -0.4 is 27.0 Å². The number of hydrogen-bond donors (Lipinski definition) is 5. The van der Waals surface area contributed by atoms with E-state index in [2.05, 4.69) is 31.1 Å². The summed E-state index contributed by atoms with van der Waals surface area (Å²) in [5, 5.41) is 11.2. The van der Waals surface area contributed by atoms with Crippen molar-refractivity contribution in [2.45, 2.75) is 19.3 Å². The van der Waals surface area contributed by atoms with Crippen LogP contribution in [-0.2, 0) is 14.4 Å². The minimum Gasteiger partial charge on any atom is -0.359 e. The molecule has 10 heteroatoms. The van der Waals surface area contributed by atoms with Crippen LogP contribution in [0.25, 0.3) is 0 Å². The molecule has 164 valence electrons. The molecule has 6 N–H and O–H groups in total. The first-order chi connectivity index (χ1) is 13.5. The van der Waals surface area contributed by atoms with Crippen molar-refractivity contribution in [2.75, 3.05) is 80.0 Å². The third-order valence-corrected chi connectivity index (χ3v) is 4.46. The van der Waals surface area contributed by atoms with Crippen molar-refractivity contribution >= 4 is 17.7 Å². The predicted octanol–water partition coefficient (Wildman–Crippen LogP) is -2.45. The molecular formula is C18H39N7O3. The molecule has 0 saturated carbocycles. The molecule has 28 heavy (non-hydrogen) atoms. The Balaban J connectivity index is 4.20. The molecule has 0 rings (SSSR count). The van der Waals surface area contributed by atoms with Crippen LogP contribution in [0.3, 0.4) is 0 Å². The Hall–Kier alpha value is -1.75. The van der Waals surface area contributed by atoms with Gasteiger partial charge in [0.15, 0.2) is 0 Å². The standard InChI is InChI=1S/C18H39N7O3/c1-20-16(26)4-10-24(11-5-17(27)21-2)14-8-23-9-15-25(13-7-19)12-6-18(28)22-3/h23H,4-15,19H2,1-3H3,(H,20,26)(H,21,27)(H,22,28). The molecule has 0 bridgehead atoms. The summed E-state index contributed by atoms with van der Waals surface area (Å²) in [6.07, 6.45) is 1.28. The summed E-state index contributed by atoms with van der Waals surface area (Å²) < 4.78 is 0. The van der Waals surface area contributed by atoms with Gasteiger partial charge in [-0.25, -0.2) is 0 Å². The molecule has 3 amide bonds. The Kier molecular flexibility index (Phi) is 16.3. The van der Waals surface area contributed by atoms with E-state index in [9.17, 15) is 14.4 Å². The number of nitrogens with zero attached hydrogens (tertiary/aromatic N) is 2. The minimum absolute atomic E-state index is 0.00792. The fourth-order valence-electron chi connectivity index (χ4n) is 2.61. The second kappa shape index (κ2) is 17.4. The lowest BCUT2D eigenvalue weighted by Gasteiger charge is -2.23. The summed E-state index contributed by atoms with van der Waals surface area (Å²) in [4.78, 5) is 38.6. The van der Waals surface area contributed by atoms with Gasteiger partial charge in [-0.15, -0.1) is 0 Å². The van der Waals surface area contributed by atoms with Crippen molar-refractivity contribution in [1.82, 2.24) is 31.1 Å². The van der Waals surface area contributed by atoms with Gasteiger partial charge in [0.25, 0.3) is 0 Å². The molecule has 0 aliphatic carbocycles. The zero-order valence-electron chi connectivity index (χ0n) is 17.7. The molecule has 0 radical (unpaired) electrons. The summed E-state index contributed by atoms with van der Waals surface area (Å²) in [5.74, 6) is 0.00995. The SMILES string of the molecule is CNC(=O)CCN(CCN)CCNCCN(CCC(=O)NC)CCC(=O)NC. The Bertz CT molecular complexity index is 429. The average molecular weight is 402 g/mol. The molecule has 0 heterocycles. The number of carbonyl (C=O) groups is 3. The highest BCUT2D eigenvalue weighted by atomic mass is 16.2. The fourth-order valence-corrected chi connectivity index (χ4v) is 2.61. The minimum atomic E-state index is -0.00792. The maximum atomic E-state index is 11.5. The monoisotopic (exact) mass is 401 g/mol. The largest absolute Gasteiger partial charge is 0.359 e. The van der Waals surface area contributed by atoms with Gasteiger partial charge in [0.05, 0.1) is 0 Å². The quantitative estimate of drug-likeness (QED) is 0.171. The molecule has 10 nitrogen and oxygen atoms in total.